The summed E-state index contributed by atoms with van der Waals surface area (Å²) in [5, 5.41) is 3.45. The predicted octanol–water partition coefficient (Wildman–Crippen LogP) is 4.14. The number of ether oxygens (including phenoxy) is 1. The summed E-state index contributed by atoms with van der Waals surface area (Å²) in [6.45, 7) is 1.91. The Morgan fingerprint density at radius 2 is 1.80 bits per heavy atom. The number of halogens is 1. The smallest absolute Gasteiger partial charge is 0.265 e. The maximum Gasteiger partial charge on any atom is 0.265 e. The lowest BCUT2D eigenvalue weighted by Gasteiger charge is -2.17. The van der Waals surface area contributed by atoms with Gasteiger partial charge in [0.25, 0.3) is 5.91 Å². The van der Waals surface area contributed by atoms with Gasteiger partial charge in [0.1, 0.15) is 5.75 Å². The second kappa shape index (κ2) is 6.96. The molecule has 0 aromatic heterocycles. The van der Waals surface area contributed by atoms with Gasteiger partial charge in [0.2, 0.25) is 0 Å². The van der Waals surface area contributed by atoms with Gasteiger partial charge in [0, 0.05) is 10.7 Å². The lowest BCUT2D eigenvalue weighted by atomic mass is 10.2. The van der Waals surface area contributed by atoms with Crippen LogP contribution in [0.15, 0.2) is 54.6 Å². The van der Waals surface area contributed by atoms with E-state index in [2.05, 4.69) is 5.32 Å². The standard InChI is InChI=1S/C16H16ClNO2/c1-2-15(20-14-6-4-3-5-7-14)16(19)18-13-10-8-12(17)9-11-13/h3-11,15H,2H2,1H3,(H,18,19). The third-order valence-corrected chi connectivity index (χ3v) is 3.05. The summed E-state index contributed by atoms with van der Waals surface area (Å²) in [5.74, 6) is 0.518. The minimum Gasteiger partial charge on any atom is -0.481 e. The van der Waals surface area contributed by atoms with Crippen LogP contribution in [-0.2, 0) is 4.79 Å². The zero-order valence-electron chi connectivity index (χ0n) is 11.2. The molecule has 104 valence electrons. The molecule has 3 nitrogen and oxygen atoms in total. The highest BCUT2D eigenvalue weighted by Crippen LogP contribution is 2.16. The molecule has 2 aromatic rings. The van der Waals surface area contributed by atoms with Crippen molar-refractivity contribution in [2.75, 3.05) is 5.32 Å². The Balaban J connectivity index is 2.00. The first kappa shape index (κ1) is 14.4. The van der Waals surface area contributed by atoms with Crippen LogP contribution in [0.4, 0.5) is 5.69 Å². The number of hydrogen-bond donors (Lipinski definition) is 1. The maximum absolute atomic E-state index is 12.2. The van der Waals surface area contributed by atoms with Gasteiger partial charge in [-0.3, -0.25) is 4.79 Å². The summed E-state index contributed by atoms with van der Waals surface area (Å²) in [5.41, 5.74) is 0.703. The average molecular weight is 290 g/mol. The van der Waals surface area contributed by atoms with Crippen molar-refractivity contribution in [3.05, 3.63) is 59.6 Å². The fourth-order valence-electron chi connectivity index (χ4n) is 1.74. The van der Waals surface area contributed by atoms with E-state index in [9.17, 15) is 4.79 Å². The van der Waals surface area contributed by atoms with E-state index in [0.717, 1.165) is 0 Å². The average Bonchev–Trinajstić information content (AvgIpc) is 2.48. The van der Waals surface area contributed by atoms with Crippen LogP contribution in [-0.4, -0.2) is 12.0 Å². The highest BCUT2D eigenvalue weighted by molar-refractivity contribution is 6.30. The summed E-state index contributed by atoms with van der Waals surface area (Å²) in [6, 6.07) is 16.3. The second-order valence-electron chi connectivity index (χ2n) is 4.32. The first-order valence-corrected chi connectivity index (χ1v) is 6.85. The Hall–Kier alpha value is -2.00. The molecule has 1 amide bonds. The number of rotatable bonds is 5. The number of nitrogens with one attached hydrogen (secondary N) is 1. The van der Waals surface area contributed by atoms with Crippen LogP contribution >= 0.6 is 11.6 Å². The number of para-hydroxylation sites is 1. The van der Waals surface area contributed by atoms with Crippen molar-refractivity contribution in [2.45, 2.75) is 19.4 Å². The van der Waals surface area contributed by atoms with Crippen molar-refractivity contribution >= 4 is 23.2 Å². The maximum atomic E-state index is 12.2. The van der Waals surface area contributed by atoms with E-state index in [1.165, 1.54) is 0 Å². The second-order valence-corrected chi connectivity index (χ2v) is 4.76. The Morgan fingerprint density at radius 1 is 1.15 bits per heavy atom. The summed E-state index contributed by atoms with van der Waals surface area (Å²) in [6.07, 6.45) is 0.0713. The van der Waals surface area contributed by atoms with Crippen molar-refractivity contribution < 1.29 is 9.53 Å². The SMILES string of the molecule is CCC(Oc1ccccc1)C(=O)Nc1ccc(Cl)cc1. The molecule has 1 atom stereocenters. The molecule has 0 aliphatic carbocycles. The van der Waals surface area contributed by atoms with Crippen LogP contribution < -0.4 is 10.1 Å². The number of carbonyl (C=O) groups excluding carboxylic acids is 1. The molecule has 0 saturated heterocycles. The third kappa shape index (κ3) is 4.00. The van der Waals surface area contributed by atoms with Crippen molar-refractivity contribution in [2.24, 2.45) is 0 Å². The van der Waals surface area contributed by atoms with E-state index in [-0.39, 0.29) is 5.91 Å². The van der Waals surface area contributed by atoms with Gasteiger partial charge in [-0.25, -0.2) is 0 Å². The first-order valence-electron chi connectivity index (χ1n) is 6.47. The van der Waals surface area contributed by atoms with E-state index in [1.54, 1.807) is 24.3 Å². The van der Waals surface area contributed by atoms with Crippen LogP contribution in [0.1, 0.15) is 13.3 Å². The van der Waals surface area contributed by atoms with Crippen LogP contribution in [0.2, 0.25) is 5.02 Å². The number of hydrogen-bond acceptors (Lipinski definition) is 2. The zero-order chi connectivity index (χ0) is 14.4. The molecule has 0 bridgehead atoms. The normalized spacial score (nSPS) is 11.7. The highest BCUT2D eigenvalue weighted by atomic mass is 35.5. The number of benzene rings is 2. The molecule has 20 heavy (non-hydrogen) atoms. The first-order chi connectivity index (χ1) is 9.69. The van der Waals surface area contributed by atoms with Crippen molar-refractivity contribution in [3.8, 4) is 5.75 Å². The molecule has 0 radical (unpaired) electrons. The Labute approximate surface area is 123 Å². The van der Waals surface area contributed by atoms with Crippen LogP contribution in [0.5, 0.6) is 5.75 Å². The molecule has 0 aliphatic heterocycles. The van der Waals surface area contributed by atoms with Gasteiger partial charge in [0.15, 0.2) is 6.10 Å². The molecule has 1 unspecified atom stereocenters. The van der Waals surface area contributed by atoms with Crippen molar-refractivity contribution in [1.82, 2.24) is 0 Å². The monoisotopic (exact) mass is 289 g/mol. The molecule has 0 aliphatic rings. The highest BCUT2D eigenvalue weighted by Gasteiger charge is 2.18. The number of amides is 1. The van der Waals surface area contributed by atoms with Gasteiger partial charge < -0.3 is 10.1 Å². The van der Waals surface area contributed by atoms with E-state index >= 15 is 0 Å². The van der Waals surface area contributed by atoms with Gasteiger partial charge in [-0.2, -0.15) is 0 Å². The van der Waals surface area contributed by atoms with Gasteiger partial charge in [-0.05, 0) is 42.8 Å². The molecule has 4 heteroatoms. The number of anilines is 1. The van der Waals surface area contributed by atoms with E-state index in [1.807, 2.05) is 37.3 Å². The Kier molecular flexibility index (Phi) is 5.02. The zero-order valence-corrected chi connectivity index (χ0v) is 11.9. The Morgan fingerprint density at radius 3 is 2.40 bits per heavy atom. The molecular formula is C16H16ClNO2. The van der Waals surface area contributed by atoms with E-state index in [4.69, 9.17) is 16.3 Å². The quantitative estimate of drug-likeness (QED) is 0.898. The van der Waals surface area contributed by atoms with E-state index < -0.39 is 6.10 Å². The largest absolute Gasteiger partial charge is 0.481 e. The van der Waals surface area contributed by atoms with Crippen LogP contribution in [0, 0.1) is 0 Å². The fraction of sp³-hybridized carbons (Fsp3) is 0.188. The summed E-state index contributed by atoms with van der Waals surface area (Å²) in [4.78, 5) is 12.2. The van der Waals surface area contributed by atoms with Gasteiger partial charge in [-0.15, -0.1) is 0 Å². The van der Waals surface area contributed by atoms with Gasteiger partial charge in [0.05, 0.1) is 0 Å². The number of carbonyl (C=O) groups is 1. The molecule has 2 aromatic carbocycles. The summed E-state index contributed by atoms with van der Waals surface area (Å²) >= 11 is 5.81. The Bertz CT molecular complexity index is 554. The van der Waals surface area contributed by atoms with Crippen LogP contribution in [0.25, 0.3) is 0 Å². The molecule has 0 heterocycles. The minimum absolute atomic E-state index is 0.168. The molecular weight excluding hydrogens is 274 g/mol. The molecule has 0 fully saturated rings. The van der Waals surface area contributed by atoms with Crippen molar-refractivity contribution in [1.29, 1.82) is 0 Å². The minimum atomic E-state index is -0.520. The summed E-state index contributed by atoms with van der Waals surface area (Å²) in [7, 11) is 0. The van der Waals surface area contributed by atoms with E-state index in [0.29, 0.717) is 22.9 Å². The third-order valence-electron chi connectivity index (χ3n) is 2.80. The topological polar surface area (TPSA) is 38.3 Å². The predicted molar refractivity (Wildman–Crippen MR) is 81.2 cm³/mol. The summed E-state index contributed by atoms with van der Waals surface area (Å²) < 4.78 is 5.68. The van der Waals surface area contributed by atoms with Crippen LogP contribution in [0.3, 0.4) is 0 Å². The molecule has 0 saturated carbocycles. The molecule has 1 N–H and O–H groups in total. The fourth-order valence-corrected chi connectivity index (χ4v) is 1.87. The lowest BCUT2D eigenvalue weighted by Crippen LogP contribution is -2.32. The van der Waals surface area contributed by atoms with Crippen molar-refractivity contribution in [3.63, 3.8) is 0 Å². The lowest BCUT2D eigenvalue weighted by molar-refractivity contribution is -0.122. The molecule has 0 spiro atoms. The molecule has 2 rings (SSSR count). The van der Waals surface area contributed by atoms with Gasteiger partial charge >= 0.3 is 0 Å². The van der Waals surface area contributed by atoms with Gasteiger partial charge in [-0.1, -0.05) is 36.7 Å².